The number of para-hydroxylation sites is 3. The van der Waals surface area contributed by atoms with Crippen LogP contribution in [0.1, 0.15) is 45.7 Å². The Morgan fingerprint density at radius 3 is 1.49 bits per heavy atom. The van der Waals surface area contributed by atoms with Crippen molar-refractivity contribution in [3.8, 4) is 0 Å². The number of carbonyl (C=O) groups excluding carboxylic acids is 2. The number of anilines is 5. The molecule has 7 nitrogen and oxygen atoms in total. The molecule has 0 aliphatic heterocycles. The lowest BCUT2D eigenvalue weighted by molar-refractivity contribution is 0.102. The molecular weight excluding hydrogens is 606 g/mol. The Morgan fingerprint density at radius 2 is 1.02 bits per heavy atom. The summed E-state index contributed by atoms with van der Waals surface area (Å²) in [5.74, 6) is -0.563. The van der Waals surface area contributed by atoms with Crippen molar-refractivity contribution in [2.24, 2.45) is 0 Å². The molecule has 0 unspecified atom stereocenters. The second kappa shape index (κ2) is 13.8. The van der Waals surface area contributed by atoms with E-state index in [2.05, 4.69) is 34.4 Å². The SMILES string of the molecule is CCc1ccc(C(=O)Nc2cccc3cccnc23)c(N(c2ccccc2)c2cc(CC)ccc2C(=O)Nc2cccc3cccnc23)c1. The molecule has 0 aliphatic rings. The number of hydrogen-bond acceptors (Lipinski definition) is 5. The van der Waals surface area contributed by atoms with Gasteiger partial charge in [-0.2, -0.15) is 0 Å². The summed E-state index contributed by atoms with van der Waals surface area (Å²) in [5, 5.41) is 8.13. The van der Waals surface area contributed by atoms with E-state index in [0.717, 1.165) is 40.4 Å². The molecule has 49 heavy (non-hydrogen) atoms. The summed E-state index contributed by atoms with van der Waals surface area (Å²) < 4.78 is 0. The van der Waals surface area contributed by atoms with Crippen LogP contribution in [0.2, 0.25) is 0 Å². The van der Waals surface area contributed by atoms with Crippen molar-refractivity contribution < 1.29 is 9.59 Å². The Balaban J connectivity index is 1.38. The van der Waals surface area contributed by atoms with E-state index in [0.29, 0.717) is 44.9 Å². The zero-order chi connectivity index (χ0) is 33.7. The van der Waals surface area contributed by atoms with Gasteiger partial charge in [-0.05, 0) is 84.6 Å². The van der Waals surface area contributed by atoms with E-state index in [1.54, 1.807) is 12.4 Å². The molecule has 7 aromatic rings. The molecule has 240 valence electrons. The van der Waals surface area contributed by atoms with Gasteiger partial charge in [0.05, 0.1) is 44.9 Å². The molecule has 0 spiro atoms. The first-order valence-corrected chi connectivity index (χ1v) is 16.4. The van der Waals surface area contributed by atoms with Crippen LogP contribution in [0.5, 0.6) is 0 Å². The summed E-state index contributed by atoms with van der Waals surface area (Å²) in [5.41, 5.74) is 7.82. The van der Waals surface area contributed by atoms with Crippen LogP contribution in [0.3, 0.4) is 0 Å². The minimum absolute atomic E-state index is 0.281. The largest absolute Gasteiger partial charge is 0.320 e. The fourth-order valence-corrected chi connectivity index (χ4v) is 6.12. The Labute approximate surface area is 285 Å². The molecule has 0 radical (unpaired) electrons. The van der Waals surface area contributed by atoms with Gasteiger partial charge in [0.2, 0.25) is 0 Å². The predicted octanol–water partition coefficient (Wildman–Crippen LogP) is 9.88. The summed E-state index contributed by atoms with van der Waals surface area (Å²) in [6.07, 6.45) is 4.97. The first-order valence-electron chi connectivity index (χ1n) is 16.4. The minimum Gasteiger partial charge on any atom is -0.320 e. The lowest BCUT2D eigenvalue weighted by Gasteiger charge is -2.30. The Hall–Kier alpha value is -6.34. The summed E-state index contributed by atoms with van der Waals surface area (Å²) in [6.45, 7) is 4.17. The van der Waals surface area contributed by atoms with E-state index in [1.807, 2.05) is 132 Å². The van der Waals surface area contributed by atoms with Gasteiger partial charge >= 0.3 is 0 Å². The van der Waals surface area contributed by atoms with Gasteiger partial charge in [-0.3, -0.25) is 19.6 Å². The van der Waals surface area contributed by atoms with Crippen molar-refractivity contribution in [1.29, 1.82) is 0 Å². The number of aryl methyl sites for hydroxylation is 2. The van der Waals surface area contributed by atoms with Crippen LogP contribution < -0.4 is 15.5 Å². The van der Waals surface area contributed by atoms with Crippen molar-refractivity contribution in [3.63, 3.8) is 0 Å². The van der Waals surface area contributed by atoms with E-state index < -0.39 is 0 Å². The van der Waals surface area contributed by atoms with Gasteiger partial charge in [-0.15, -0.1) is 0 Å². The lowest BCUT2D eigenvalue weighted by Crippen LogP contribution is -2.22. The first kappa shape index (κ1) is 31.3. The average Bonchev–Trinajstić information content (AvgIpc) is 3.15. The topological polar surface area (TPSA) is 87.2 Å². The highest BCUT2D eigenvalue weighted by Crippen LogP contribution is 2.40. The van der Waals surface area contributed by atoms with Crippen LogP contribution in [-0.2, 0) is 12.8 Å². The maximum Gasteiger partial charge on any atom is 0.257 e. The lowest BCUT2D eigenvalue weighted by atomic mass is 10.0. The highest BCUT2D eigenvalue weighted by Gasteiger charge is 2.26. The van der Waals surface area contributed by atoms with E-state index in [4.69, 9.17) is 0 Å². The van der Waals surface area contributed by atoms with E-state index in [-0.39, 0.29) is 11.8 Å². The number of carbonyl (C=O) groups is 2. The number of fused-ring (bicyclic) bond motifs is 2. The molecule has 0 atom stereocenters. The molecule has 0 saturated heterocycles. The van der Waals surface area contributed by atoms with Crippen LogP contribution >= 0.6 is 0 Å². The van der Waals surface area contributed by atoms with Crippen LogP contribution in [0.4, 0.5) is 28.4 Å². The molecule has 0 saturated carbocycles. The Bertz CT molecular complexity index is 2160. The molecule has 2 amide bonds. The van der Waals surface area contributed by atoms with Crippen molar-refractivity contribution >= 4 is 62.1 Å². The molecule has 2 N–H and O–H groups in total. The van der Waals surface area contributed by atoms with E-state index in [9.17, 15) is 9.59 Å². The van der Waals surface area contributed by atoms with Crippen LogP contribution in [0.25, 0.3) is 21.8 Å². The number of nitrogens with zero attached hydrogens (tertiary/aromatic N) is 3. The number of benzene rings is 5. The molecule has 0 aliphatic carbocycles. The van der Waals surface area contributed by atoms with Crippen LogP contribution in [-0.4, -0.2) is 21.8 Å². The van der Waals surface area contributed by atoms with Gasteiger partial charge < -0.3 is 15.5 Å². The minimum atomic E-state index is -0.281. The zero-order valence-electron chi connectivity index (χ0n) is 27.4. The van der Waals surface area contributed by atoms with Crippen LogP contribution in [0.15, 0.2) is 140 Å². The van der Waals surface area contributed by atoms with Gasteiger partial charge in [0, 0.05) is 28.9 Å². The second-order valence-corrected chi connectivity index (χ2v) is 11.8. The molecular formula is C42H35N5O2. The summed E-state index contributed by atoms with van der Waals surface area (Å²) in [7, 11) is 0. The number of aromatic nitrogens is 2. The predicted molar refractivity (Wildman–Crippen MR) is 199 cm³/mol. The van der Waals surface area contributed by atoms with Gasteiger partial charge in [0.15, 0.2) is 0 Å². The van der Waals surface area contributed by atoms with Crippen molar-refractivity contribution in [3.05, 3.63) is 162 Å². The molecule has 5 aromatic carbocycles. The molecule has 2 aromatic heterocycles. The smallest absolute Gasteiger partial charge is 0.257 e. The van der Waals surface area contributed by atoms with Gasteiger partial charge in [0.1, 0.15) is 0 Å². The molecule has 2 heterocycles. The summed E-state index contributed by atoms with van der Waals surface area (Å²) >= 11 is 0. The van der Waals surface area contributed by atoms with Crippen molar-refractivity contribution in [1.82, 2.24) is 9.97 Å². The van der Waals surface area contributed by atoms with Crippen molar-refractivity contribution in [2.75, 3.05) is 15.5 Å². The third kappa shape index (κ3) is 6.34. The molecule has 0 fully saturated rings. The third-order valence-corrected chi connectivity index (χ3v) is 8.69. The van der Waals surface area contributed by atoms with Gasteiger partial charge in [-0.1, -0.05) is 80.6 Å². The Morgan fingerprint density at radius 1 is 0.551 bits per heavy atom. The number of rotatable bonds is 9. The second-order valence-electron chi connectivity index (χ2n) is 11.8. The maximum atomic E-state index is 14.3. The maximum absolute atomic E-state index is 14.3. The average molecular weight is 642 g/mol. The van der Waals surface area contributed by atoms with Gasteiger partial charge in [0.25, 0.3) is 11.8 Å². The monoisotopic (exact) mass is 641 g/mol. The third-order valence-electron chi connectivity index (χ3n) is 8.69. The Kier molecular flexibility index (Phi) is 8.80. The molecule has 7 rings (SSSR count). The summed E-state index contributed by atoms with van der Waals surface area (Å²) in [4.78, 5) is 39.7. The highest BCUT2D eigenvalue weighted by atomic mass is 16.2. The van der Waals surface area contributed by atoms with Crippen molar-refractivity contribution in [2.45, 2.75) is 26.7 Å². The highest BCUT2D eigenvalue weighted by molar-refractivity contribution is 6.15. The summed E-state index contributed by atoms with van der Waals surface area (Å²) in [6, 6.07) is 40.8. The molecule has 0 bridgehead atoms. The number of nitrogens with one attached hydrogen (secondary N) is 2. The van der Waals surface area contributed by atoms with Gasteiger partial charge in [-0.25, -0.2) is 0 Å². The van der Waals surface area contributed by atoms with E-state index in [1.165, 1.54) is 0 Å². The molecule has 7 heteroatoms. The zero-order valence-corrected chi connectivity index (χ0v) is 27.4. The van der Waals surface area contributed by atoms with E-state index >= 15 is 0 Å². The normalized spacial score (nSPS) is 11.0. The fourth-order valence-electron chi connectivity index (χ4n) is 6.12. The number of hydrogen-bond donors (Lipinski definition) is 2. The van der Waals surface area contributed by atoms with Crippen LogP contribution in [0, 0.1) is 0 Å². The standard InChI is InChI=1S/C42H35N5O2/c1-3-28-20-22-33(41(48)45-35-18-8-12-30-14-10-24-43-39(30)35)37(26-28)47(32-16-6-5-7-17-32)38-27-29(4-2)21-23-34(38)42(49)46-36-19-9-13-31-15-11-25-44-40(31)36/h5-27H,3-4H2,1-2H3,(H,45,48)(H,46,49). The quantitative estimate of drug-likeness (QED) is 0.164. The fraction of sp³-hybridized carbons (Fsp3) is 0.0952. The number of amides is 2. The number of pyridine rings is 2. The first-order chi connectivity index (χ1) is 24.0.